The summed E-state index contributed by atoms with van der Waals surface area (Å²) in [5.41, 5.74) is 3.74. The average Bonchev–Trinajstić information content (AvgIpc) is 3.19. The van der Waals surface area contributed by atoms with Crippen molar-refractivity contribution in [3.8, 4) is 16.9 Å². The van der Waals surface area contributed by atoms with Crippen molar-refractivity contribution in [2.45, 2.75) is 33.1 Å². The zero-order valence-electron chi connectivity index (χ0n) is 17.3. The number of pyridine rings is 1. The molecule has 0 unspecified atom stereocenters. The molecule has 1 aromatic heterocycles. The van der Waals surface area contributed by atoms with Gasteiger partial charge in [0.2, 0.25) is 0 Å². The zero-order chi connectivity index (χ0) is 21.6. The molecule has 0 amide bonds. The van der Waals surface area contributed by atoms with Crippen LogP contribution in [0.4, 0.5) is 10.2 Å². The topological polar surface area (TPSA) is 73.7 Å². The molecule has 1 aliphatic rings. The van der Waals surface area contributed by atoms with E-state index in [2.05, 4.69) is 13.8 Å². The molecule has 0 radical (unpaired) electrons. The Hall–Kier alpha value is -3.15. The van der Waals surface area contributed by atoms with Crippen molar-refractivity contribution < 1.29 is 19.4 Å². The number of rotatable bonds is 4. The number of carboxylic acid groups (broad SMARTS) is 1. The fourth-order valence-electron chi connectivity index (χ4n) is 4.33. The molecule has 1 fully saturated rings. The molecular formula is C24H25FN2O3. The minimum atomic E-state index is -0.804. The molecule has 1 atom stereocenters. The minimum absolute atomic E-state index is 0.0677. The predicted octanol–water partition coefficient (Wildman–Crippen LogP) is 5.09. The van der Waals surface area contributed by atoms with Crippen LogP contribution in [0, 0.1) is 18.7 Å². The zero-order valence-corrected chi connectivity index (χ0v) is 17.3. The molecule has 3 aromatic rings. The number of aliphatic carboxylic acids is 1. The van der Waals surface area contributed by atoms with Gasteiger partial charge in [0.25, 0.3) is 0 Å². The number of carboxylic acids is 1. The molecule has 30 heavy (non-hydrogen) atoms. The number of fused-ring (bicyclic) bond motifs is 1. The van der Waals surface area contributed by atoms with E-state index >= 15 is 0 Å². The number of aryl methyl sites for hydroxylation is 1. The van der Waals surface area contributed by atoms with Crippen LogP contribution in [0.5, 0.6) is 5.75 Å². The number of anilines is 1. The third kappa shape index (κ3) is 3.36. The van der Waals surface area contributed by atoms with E-state index in [0.29, 0.717) is 36.4 Å². The van der Waals surface area contributed by atoms with Crippen molar-refractivity contribution in [1.82, 2.24) is 4.98 Å². The van der Waals surface area contributed by atoms with Gasteiger partial charge in [-0.1, -0.05) is 32.0 Å². The molecule has 156 valence electrons. The minimum Gasteiger partial charge on any atom is -0.506 e. The molecule has 0 aliphatic carbocycles. The molecular weight excluding hydrogens is 383 g/mol. The average molecular weight is 408 g/mol. The highest BCUT2D eigenvalue weighted by Crippen LogP contribution is 2.43. The Kier molecular flexibility index (Phi) is 5.10. The van der Waals surface area contributed by atoms with Crippen LogP contribution in [0.15, 0.2) is 36.4 Å². The first kappa shape index (κ1) is 20.1. The number of hydrogen-bond acceptors (Lipinski definition) is 4. The quantitative estimate of drug-likeness (QED) is 0.629. The van der Waals surface area contributed by atoms with Gasteiger partial charge in [-0.2, -0.15) is 0 Å². The second kappa shape index (κ2) is 7.59. The van der Waals surface area contributed by atoms with Gasteiger partial charge in [-0.25, -0.2) is 9.37 Å². The molecule has 1 saturated heterocycles. The lowest BCUT2D eigenvalue weighted by Crippen LogP contribution is -2.25. The van der Waals surface area contributed by atoms with E-state index in [0.717, 1.165) is 22.1 Å². The van der Waals surface area contributed by atoms with Crippen LogP contribution in [0.25, 0.3) is 22.0 Å². The fraction of sp³-hybridized carbons (Fsp3) is 0.333. The van der Waals surface area contributed by atoms with Crippen molar-refractivity contribution in [3.05, 3.63) is 53.3 Å². The van der Waals surface area contributed by atoms with Gasteiger partial charge in [0.15, 0.2) is 0 Å². The van der Waals surface area contributed by atoms with Gasteiger partial charge in [0.1, 0.15) is 22.9 Å². The lowest BCUT2D eigenvalue weighted by molar-refractivity contribution is -0.140. The monoisotopic (exact) mass is 408 g/mol. The molecule has 2 aromatic carbocycles. The summed E-state index contributed by atoms with van der Waals surface area (Å²) in [7, 11) is 0. The van der Waals surface area contributed by atoms with Gasteiger partial charge < -0.3 is 15.1 Å². The van der Waals surface area contributed by atoms with Crippen LogP contribution in [-0.2, 0) is 4.79 Å². The van der Waals surface area contributed by atoms with Crippen LogP contribution in [-0.4, -0.2) is 34.3 Å². The Morgan fingerprint density at radius 3 is 2.67 bits per heavy atom. The predicted molar refractivity (Wildman–Crippen MR) is 116 cm³/mol. The summed E-state index contributed by atoms with van der Waals surface area (Å²) in [4.78, 5) is 18.3. The largest absolute Gasteiger partial charge is 0.506 e. The lowest BCUT2D eigenvalue weighted by atomic mass is 9.89. The van der Waals surface area contributed by atoms with Crippen molar-refractivity contribution in [1.29, 1.82) is 0 Å². The van der Waals surface area contributed by atoms with E-state index in [1.807, 2.05) is 17.0 Å². The summed E-state index contributed by atoms with van der Waals surface area (Å²) >= 11 is 0. The summed E-state index contributed by atoms with van der Waals surface area (Å²) < 4.78 is 14.0. The second-order valence-electron chi connectivity index (χ2n) is 8.29. The molecule has 5 nitrogen and oxygen atoms in total. The highest BCUT2D eigenvalue weighted by Gasteiger charge is 2.32. The third-order valence-electron chi connectivity index (χ3n) is 5.87. The van der Waals surface area contributed by atoms with E-state index in [9.17, 15) is 19.4 Å². The summed E-state index contributed by atoms with van der Waals surface area (Å²) in [6, 6.07) is 10.3. The van der Waals surface area contributed by atoms with Gasteiger partial charge in [-0.3, -0.25) is 4.79 Å². The van der Waals surface area contributed by atoms with E-state index < -0.39 is 11.9 Å². The Balaban J connectivity index is 2.03. The van der Waals surface area contributed by atoms with Gasteiger partial charge in [0.05, 0.1) is 5.92 Å². The number of hydrogen-bond donors (Lipinski definition) is 2. The number of aromatic hydroxyl groups is 1. The number of phenolic OH excluding ortho intramolecular Hbond substituents is 1. The maximum atomic E-state index is 14.0. The normalized spacial score (nSPS) is 16.6. The maximum absolute atomic E-state index is 14.0. The van der Waals surface area contributed by atoms with Crippen LogP contribution in [0.1, 0.15) is 37.3 Å². The summed E-state index contributed by atoms with van der Waals surface area (Å²) in [6.07, 6.45) is 0.554. The van der Waals surface area contributed by atoms with E-state index in [4.69, 9.17) is 4.98 Å². The van der Waals surface area contributed by atoms with E-state index in [1.165, 1.54) is 6.07 Å². The van der Waals surface area contributed by atoms with E-state index in [-0.39, 0.29) is 17.5 Å². The van der Waals surface area contributed by atoms with Gasteiger partial charge >= 0.3 is 5.97 Å². The number of carbonyl (C=O) groups is 1. The van der Waals surface area contributed by atoms with Gasteiger partial charge in [-0.05, 0) is 54.2 Å². The standard InChI is InChI=1S/C24H25FN2O3/c1-13(2)20-21(15-7-8-18(25)14(3)11-15)17-5-4-6-19(28)22(17)26-23(20)27-10-9-16(12-27)24(29)30/h4-8,11,13,16,28H,9-10,12H2,1-3H3,(H,29,30)/t16-/m1/s1. The molecule has 1 aliphatic heterocycles. The lowest BCUT2D eigenvalue weighted by Gasteiger charge is -2.26. The van der Waals surface area contributed by atoms with Gasteiger partial charge in [-0.15, -0.1) is 0 Å². The first-order valence-electron chi connectivity index (χ1n) is 10.2. The third-order valence-corrected chi connectivity index (χ3v) is 5.87. The number of phenols is 1. The van der Waals surface area contributed by atoms with Crippen molar-refractivity contribution in [2.75, 3.05) is 18.0 Å². The number of aromatic nitrogens is 1. The Morgan fingerprint density at radius 2 is 2.03 bits per heavy atom. The molecule has 0 spiro atoms. The second-order valence-corrected chi connectivity index (χ2v) is 8.29. The van der Waals surface area contributed by atoms with Crippen LogP contribution in [0.3, 0.4) is 0 Å². The smallest absolute Gasteiger partial charge is 0.308 e. The van der Waals surface area contributed by atoms with Crippen LogP contribution in [0.2, 0.25) is 0 Å². The number of halogens is 1. The first-order valence-corrected chi connectivity index (χ1v) is 10.2. The van der Waals surface area contributed by atoms with Crippen molar-refractivity contribution in [3.63, 3.8) is 0 Å². The molecule has 4 rings (SSSR count). The Labute approximate surface area is 174 Å². The maximum Gasteiger partial charge on any atom is 0.308 e. The molecule has 2 heterocycles. The summed E-state index contributed by atoms with van der Waals surface area (Å²) in [5.74, 6) is -0.665. The molecule has 0 saturated carbocycles. The molecule has 2 N–H and O–H groups in total. The van der Waals surface area contributed by atoms with Crippen LogP contribution < -0.4 is 4.90 Å². The fourth-order valence-corrected chi connectivity index (χ4v) is 4.33. The Bertz CT molecular complexity index is 1140. The summed E-state index contributed by atoms with van der Waals surface area (Å²) in [5, 5.41) is 20.8. The van der Waals surface area contributed by atoms with Crippen LogP contribution >= 0.6 is 0 Å². The number of nitrogens with zero attached hydrogens (tertiary/aromatic N) is 2. The SMILES string of the molecule is Cc1cc(-c2c(C(C)C)c(N3CC[C@@H](C(=O)O)C3)nc3c(O)cccc23)ccc1F. The summed E-state index contributed by atoms with van der Waals surface area (Å²) in [6.45, 7) is 6.83. The highest BCUT2D eigenvalue weighted by atomic mass is 19.1. The molecule has 6 heteroatoms. The van der Waals surface area contributed by atoms with Crippen molar-refractivity contribution in [2.24, 2.45) is 5.92 Å². The van der Waals surface area contributed by atoms with Crippen molar-refractivity contribution >= 4 is 22.7 Å². The highest BCUT2D eigenvalue weighted by molar-refractivity contribution is 6.01. The van der Waals surface area contributed by atoms with Gasteiger partial charge in [0, 0.05) is 24.0 Å². The first-order chi connectivity index (χ1) is 14.3. The van der Waals surface area contributed by atoms with E-state index in [1.54, 1.807) is 25.1 Å². The number of para-hydroxylation sites is 1. The number of benzene rings is 2. The Morgan fingerprint density at radius 1 is 1.27 bits per heavy atom. The molecule has 0 bridgehead atoms.